The van der Waals surface area contributed by atoms with E-state index in [-0.39, 0.29) is 5.97 Å². The first-order valence-electron chi connectivity index (χ1n) is 6.08. The molecular formula is C16H10Cl2O2. The van der Waals surface area contributed by atoms with E-state index in [4.69, 9.17) is 27.9 Å². The normalized spacial score (nSPS) is 17.8. The van der Waals surface area contributed by atoms with Gasteiger partial charge in [0.05, 0.1) is 10.0 Å². The van der Waals surface area contributed by atoms with Gasteiger partial charge in [-0.15, -0.1) is 0 Å². The first-order chi connectivity index (χ1) is 9.65. The van der Waals surface area contributed by atoms with E-state index in [1.807, 2.05) is 36.4 Å². The number of rotatable bonds is 2. The number of halogens is 2. The first kappa shape index (κ1) is 13.2. The molecule has 0 bridgehead atoms. The average molecular weight is 305 g/mol. The minimum atomic E-state index is -0.445. The van der Waals surface area contributed by atoms with Gasteiger partial charge in [0, 0.05) is 11.6 Å². The Balaban J connectivity index is 2.03. The zero-order valence-corrected chi connectivity index (χ0v) is 11.9. The molecule has 4 heteroatoms. The van der Waals surface area contributed by atoms with Crippen molar-refractivity contribution in [1.29, 1.82) is 0 Å². The number of benzene rings is 2. The number of esters is 1. The molecule has 1 aliphatic rings. The van der Waals surface area contributed by atoms with E-state index < -0.39 is 6.10 Å². The van der Waals surface area contributed by atoms with E-state index in [9.17, 15) is 4.79 Å². The lowest BCUT2D eigenvalue weighted by Gasteiger charge is -2.15. The van der Waals surface area contributed by atoms with Crippen molar-refractivity contribution in [3.8, 4) is 0 Å². The Labute approximate surface area is 126 Å². The third kappa shape index (κ3) is 2.45. The van der Waals surface area contributed by atoms with Crippen LogP contribution in [0.1, 0.15) is 17.2 Å². The molecule has 2 nitrogen and oxygen atoms in total. The van der Waals surface area contributed by atoms with Crippen LogP contribution in [0.3, 0.4) is 0 Å². The van der Waals surface area contributed by atoms with Crippen molar-refractivity contribution in [3.63, 3.8) is 0 Å². The third-order valence-electron chi connectivity index (χ3n) is 3.14. The van der Waals surface area contributed by atoms with Crippen molar-refractivity contribution in [1.82, 2.24) is 0 Å². The largest absolute Gasteiger partial charge is 0.449 e. The highest BCUT2D eigenvalue weighted by Gasteiger charge is 2.29. The van der Waals surface area contributed by atoms with Crippen LogP contribution in [0.15, 0.2) is 54.6 Å². The van der Waals surface area contributed by atoms with Gasteiger partial charge < -0.3 is 4.74 Å². The van der Waals surface area contributed by atoms with Gasteiger partial charge in [-0.25, -0.2) is 4.79 Å². The summed E-state index contributed by atoms with van der Waals surface area (Å²) in [4.78, 5) is 11.6. The van der Waals surface area contributed by atoms with Crippen molar-refractivity contribution in [3.05, 3.63) is 75.8 Å². The minimum Gasteiger partial charge on any atom is -0.449 e. The molecule has 0 saturated heterocycles. The highest BCUT2D eigenvalue weighted by molar-refractivity contribution is 6.42. The molecule has 100 valence electrons. The van der Waals surface area contributed by atoms with Gasteiger partial charge in [-0.05, 0) is 23.3 Å². The maximum atomic E-state index is 11.6. The summed E-state index contributed by atoms with van der Waals surface area (Å²) in [5.41, 5.74) is 2.59. The molecule has 0 aliphatic carbocycles. The molecule has 0 aromatic heterocycles. The van der Waals surface area contributed by atoms with E-state index in [0.717, 1.165) is 16.7 Å². The number of ether oxygens (including phenoxy) is 1. The molecule has 1 aliphatic heterocycles. The van der Waals surface area contributed by atoms with Gasteiger partial charge in [-0.3, -0.25) is 0 Å². The third-order valence-corrected chi connectivity index (χ3v) is 3.88. The van der Waals surface area contributed by atoms with Gasteiger partial charge >= 0.3 is 5.97 Å². The molecule has 20 heavy (non-hydrogen) atoms. The fraction of sp³-hybridized carbons (Fsp3) is 0.0625. The Kier molecular flexibility index (Phi) is 3.51. The highest BCUT2D eigenvalue weighted by atomic mass is 35.5. The lowest BCUT2D eigenvalue weighted by molar-refractivity contribution is -0.138. The van der Waals surface area contributed by atoms with Crippen LogP contribution in [0.2, 0.25) is 10.0 Å². The van der Waals surface area contributed by atoms with Crippen LogP contribution in [0.4, 0.5) is 0 Å². The van der Waals surface area contributed by atoms with Crippen molar-refractivity contribution in [2.24, 2.45) is 0 Å². The molecule has 2 aromatic rings. The number of hydrogen-bond acceptors (Lipinski definition) is 2. The van der Waals surface area contributed by atoms with Gasteiger partial charge in [0.15, 0.2) is 6.10 Å². The minimum absolute atomic E-state index is 0.347. The first-order valence-corrected chi connectivity index (χ1v) is 6.83. The van der Waals surface area contributed by atoms with Crippen LogP contribution in [-0.2, 0) is 9.53 Å². The van der Waals surface area contributed by atoms with Crippen molar-refractivity contribution < 1.29 is 9.53 Å². The maximum Gasteiger partial charge on any atom is 0.332 e. The lowest BCUT2D eigenvalue weighted by atomic mass is 9.96. The molecular weight excluding hydrogens is 295 g/mol. The zero-order valence-electron chi connectivity index (χ0n) is 10.3. The lowest BCUT2D eigenvalue weighted by Crippen LogP contribution is -2.03. The van der Waals surface area contributed by atoms with Crippen molar-refractivity contribution in [2.45, 2.75) is 6.10 Å². The van der Waals surface area contributed by atoms with E-state index in [2.05, 4.69) is 0 Å². The second kappa shape index (κ2) is 5.31. The summed E-state index contributed by atoms with van der Waals surface area (Å²) in [7, 11) is 0. The van der Waals surface area contributed by atoms with Crippen LogP contribution < -0.4 is 0 Å². The van der Waals surface area contributed by atoms with Crippen LogP contribution in [0, 0.1) is 0 Å². The van der Waals surface area contributed by atoms with Crippen molar-refractivity contribution in [2.75, 3.05) is 0 Å². The van der Waals surface area contributed by atoms with Crippen molar-refractivity contribution >= 4 is 34.7 Å². The van der Waals surface area contributed by atoms with Crippen LogP contribution >= 0.6 is 23.2 Å². The Morgan fingerprint density at radius 1 is 0.950 bits per heavy atom. The Morgan fingerprint density at radius 3 is 2.40 bits per heavy atom. The topological polar surface area (TPSA) is 26.3 Å². The van der Waals surface area contributed by atoms with Gasteiger partial charge in [-0.2, -0.15) is 0 Å². The number of hydrogen-bond donors (Lipinski definition) is 0. The summed E-state index contributed by atoms with van der Waals surface area (Å²) in [6, 6.07) is 14.9. The Hall–Kier alpha value is -1.77. The zero-order chi connectivity index (χ0) is 14.1. The molecule has 2 aromatic carbocycles. The van der Waals surface area contributed by atoms with Crippen LogP contribution in [0.5, 0.6) is 0 Å². The second-order valence-electron chi connectivity index (χ2n) is 4.46. The molecule has 0 amide bonds. The molecule has 0 saturated carbocycles. The summed E-state index contributed by atoms with van der Waals surface area (Å²) < 4.78 is 5.38. The quantitative estimate of drug-likeness (QED) is 0.753. The van der Waals surface area contributed by atoms with Crippen LogP contribution in [-0.4, -0.2) is 5.97 Å². The molecule has 1 heterocycles. The van der Waals surface area contributed by atoms with Gasteiger partial charge in [0.2, 0.25) is 0 Å². The number of carbonyl (C=O) groups is 1. The fourth-order valence-electron chi connectivity index (χ4n) is 2.20. The molecule has 0 fully saturated rings. The summed E-state index contributed by atoms with van der Waals surface area (Å²) in [5, 5.41) is 0.921. The number of carbonyl (C=O) groups excluding carboxylic acids is 1. The predicted octanol–water partition coefficient (Wildman–Crippen LogP) is 4.67. The van der Waals surface area contributed by atoms with E-state index in [0.29, 0.717) is 10.0 Å². The summed E-state index contributed by atoms with van der Waals surface area (Å²) in [6.45, 7) is 0. The monoisotopic (exact) mass is 304 g/mol. The average Bonchev–Trinajstić information content (AvgIpc) is 2.85. The number of cyclic esters (lactones) is 1. The summed E-state index contributed by atoms with van der Waals surface area (Å²) >= 11 is 11.9. The van der Waals surface area contributed by atoms with Crippen LogP contribution in [0.25, 0.3) is 5.57 Å². The standard InChI is InChI=1S/C16H10Cl2O2/c17-13-7-6-11(8-14(13)18)16-12(9-15(19)20-16)10-4-2-1-3-5-10/h1-9,16H. The Morgan fingerprint density at radius 2 is 1.70 bits per heavy atom. The van der Waals surface area contributed by atoms with E-state index >= 15 is 0 Å². The smallest absolute Gasteiger partial charge is 0.332 e. The van der Waals surface area contributed by atoms with Gasteiger partial charge in [0.1, 0.15) is 0 Å². The molecule has 3 rings (SSSR count). The maximum absolute atomic E-state index is 11.6. The molecule has 0 spiro atoms. The molecule has 1 unspecified atom stereocenters. The molecule has 0 radical (unpaired) electrons. The van der Waals surface area contributed by atoms with Gasteiger partial charge in [0.25, 0.3) is 0 Å². The SMILES string of the molecule is O=C1C=C(c2ccccc2)C(c2ccc(Cl)c(Cl)c2)O1. The fourth-order valence-corrected chi connectivity index (χ4v) is 2.51. The summed E-state index contributed by atoms with van der Waals surface area (Å²) in [6.07, 6.45) is 1.07. The van der Waals surface area contributed by atoms with E-state index in [1.165, 1.54) is 6.08 Å². The molecule has 1 atom stereocenters. The second-order valence-corrected chi connectivity index (χ2v) is 5.27. The molecule has 0 N–H and O–H groups in total. The van der Waals surface area contributed by atoms with E-state index in [1.54, 1.807) is 12.1 Å². The highest BCUT2D eigenvalue weighted by Crippen LogP contribution is 2.39. The predicted molar refractivity (Wildman–Crippen MR) is 79.7 cm³/mol. The summed E-state index contributed by atoms with van der Waals surface area (Å²) in [5.74, 6) is -0.347. The Bertz CT molecular complexity index is 693. The van der Waals surface area contributed by atoms with Gasteiger partial charge in [-0.1, -0.05) is 59.6 Å².